The third-order valence-corrected chi connectivity index (χ3v) is 2.79. The molecule has 1 aromatic carbocycles. The van der Waals surface area contributed by atoms with Crippen LogP contribution in [0.1, 0.15) is 15.9 Å². The van der Waals surface area contributed by atoms with Crippen LogP contribution < -0.4 is 4.74 Å². The maximum absolute atomic E-state index is 12.0. The summed E-state index contributed by atoms with van der Waals surface area (Å²) in [7, 11) is 1.56. The molecular formula is C14H12ClNO2. The van der Waals surface area contributed by atoms with Crippen LogP contribution in [-0.2, 0) is 6.42 Å². The Kier molecular flexibility index (Phi) is 3.95. The smallest absolute Gasteiger partial charge is 0.212 e. The molecule has 0 fully saturated rings. The lowest BCUT2D eigenvalue weighted by atomic mass is 10.0. The molecule has 92 valence electrons. The van der Waals surface area contributed by atoms with Crippen molar-refractivity contribution in [2.24, 2.45) is 0 Å². The van der Waals surface area contributed by atoms with Crippen molar-refractivity contribution in [2.75, 3.05) is 7.11 Å². The lowest BCUT2D eigenvalue weighted by molar-refractivity contribution is 0.0993. The van der Waals surface area contributed by atoms with Crippen LogP contribution in [0.15, 0.2) is 42.6 Å². The number of carbonyl (C=O) groups is 1. The minimum Gasteiger partial charge on any atom is -0.481 e. The molecule has 0 saturated carbocycles. The lowest BCUT2D eigenvalue weighted by Gasteiger charge is -2.03. The number of hydrogen-bond acceptors (Lipinski definition) is 3. The van der Waals surface area contributed by atoms with Gasteiger partial charge in [0.15, 0.2) is 5.78 Å². The topological polar surface area (TPSA) is 39.2 Å². The zero-order valence-electron chi connectivity index (χ0n) is 9.89. The van der Waals surface area contributed by atoms with Crippen LogP contribution in [-0.4, -0.2) is 17.9 Å². The molecule has 0 N–H and O–H groups in total. The monoisotopic (exact) mass is 261 g/mol. The van der Waals surface area contributed by atoms with Crippen molar-refractivity contribution < 1.29 is 9.53 Å². The Morgan fingerprint density at radius 2 is 1.94 bits per heavy atom. The molecule has 4 heteroatoms. The number of carbonyl (C=O) groups excluding carboxylic acids is 1. The highest BCUT2D eigenvalue weighted by Crippen LogP contribution is 2.13. The summed E-state index contributed by atoms with van der Waals surface area (Å²) in [5.41, 5.74) is 1.51. The standard InChI is InChI=1S/C14H12ClNO2/c1-18-14-7-2-10(9-16-14)8-13(17)11-3-5-12(15)6-4-11/h2-7,9H,8H2,1H3. The number of pyridine rings is 1. The van der Waals surface area contributed by atoms with Crippen molar-refractivity contribution in [1.29, 1.82) is 0 Å². The molecular weight excluding hydrogens is 250 g/mol. The van der Waals surface area contributed by atoms with Crippen LogP contribution in [0.2, 0.25) is 5.02 Å². The van der Waals surface area contributed by atoms with Crippen molar-refractivity contribution in [1.82, 2.24) is 4.98 Å². The number of benzene rings is 1. The second-order valence-corrected chi connectivity index (χ2v) is 4.25. The van der Waals surface area contributed by atoms with Crippen LogP contribution in [0.25, 0.3) is 0 Å². The van der Waals surface area contributed by atoms with Gasteiger partial charge in [0.05, 0.1) is 7.11 Å². The Morgan fingerprint density at radius 1 is 1.22 bits per heavy atom. The number of ketones is 1. The van der Waals surface area contributed by atoms with E-state index in [4.69, 9.17) is 16.3 Å². The number of halogens is 1. The van der Waals surface area contributed by atoms with Gasteiger partial charge in [-0.25, -0.2) is 4.98 Å². The Bertz CT molecular complexity index is 535. The zero-order valence-corrected chi connectivity index (χ0v) is 10.6. The highest BCUT2D eigenvalue weighted by Gasteiger charge is 2.07. The molecule has 0 spiro atoms. The first-order valence-electron chi connectivity index (χ1n) is 5.47. The average molecular weight is 262 g/mol. The summed E-state index contributed by atoms with van der Waals surface area (Å²) in [6, 6.07) is 10.4. The van der Waals surface area contributed by atoms with Gasteiger partial charge in [-0.3, -0.25) is 4.79 Å². The normalized spacial score (nSPS) is 10.1. The van der Waals surface area contributed by atoms with Crippen molar-refractivity contribution >= 4 is 17.4 Å². The lowest BCUT2D eigenvalue weighted by Crippen LogP contribution is -2.03. The van der Waals surface area contributed by atoms with E-state index in [2.05, 4.69) is 4.98 Å². The Labute approximate surface area is 110 Å². The Hall–Kier alpha value is -1.87. The summed E-state index contributed by atoms with van der Waals surface area (Å²) < 4.78 is 4.96. The first-order chi connectivity index (χ1) is 8.69. The van der Waals surface area contributed by atoms with Crippen LogP contribution in [0.4, 0.5) is 0 Å². The van der Waals surface area contributed by atoms with Gasteiger partial charge in [0.25, 0.3) is 0 Å². The third-order valence-electron chi connectivity index (χ3n) is 2.54. The van der Waals surface area contributed by atoms with E-state index in [0.717, 1.165) is 5.56 Å². The number of nitrogens with zero attached hydrogens (tertiary/aromatic N) is 1. The summed E-state index contributed by atoms with van der Waals surface area (Å²) in [6.07, 6.45) is 1.96. The van der Waals surface area contributed by atoms with E-state index >= 15 is 0 Å². The fourth-order valence-electron chi connectivity index (χ4n) is 1.56. The summed E-state index contributed by atoms with van der Waals surface area (Å²) >= 11 is 5.77. The highest BCUT2D eigenvalue weighted by atomic mass is 35.5. The van der Waals surface area contributed by atoms with Gasteiger partial charge in [0.1, 0.15) is 0 Å². The van der Waals surface area contributed by atoms with E-state index in [1.54, 1.807) is 43.6 Å². The molecule has 0 aliphatic rings. The summed E-state index contributed by atoms with van der Waals surface area (Å²) in [6.45, 7) is 0. The minimum atomic E-state index is 0.0404. The molecule has 0 atom stereocenters. The van der Waals surface area contributed by atoms with Crippen LogP contribution in [0, 0.1) is 0 Å². The summed E-state index contributed by atoms with van der Waals surface area (Å²) in [5, 5.41) is 0.623. The fraction of sp³-hybridized carbons (Fsp3) is 0.143. The number of Topliss-reactive ketones (excluding diaryl/α,β-unsaturated/α-hetero) is 1. The SMILES string of the molecule is COc1ccc(CC(=O)c2ccc(Cl)cc2)cn1. The largest absolute Gasteiger partial charge is 0.481 e. The average Bonchev–Trinajstić information content (AvgIpc) is 2.40. The van der Waals surface area contributed by atoms with E-state index in [9.17, 15) is 4.79 Å². The van der Waals surface area contributed by atoms with Gasteiger partial charge in [-0.1, -0.05) is 17.7 Å². The number of hydrogen-bond donors (Lipinski definition) is 0. The maximum atomic E-state index is 12.0. The van der Waals surface area contributed by atoms with Crippen LogP contribution >= 0.6 is 11.6 Å². The van der Waals surface area contributed by atoms with E-state index in [0.29, 0.717) is 22.9 Å². The van der Waals surface area contributed by atoms with E-state index in [1.807, 2.05) is 6.07 Å². The molecule has 0 saturated heterocycles. The van der Waals surface area contributed by atoms with Crippen molar-refractivity contribution in [3.63, 3.8) is 0 Å². The quantitative estimate of drug-likeness (QED) is 0.794. The van der Waals surface area contributed by atoms with Crippen molar-refractivity contribution in [3.8, 4) is 5.88 Å². The van der Waals surface area contributed by atoms with Crippen LogP contribution in [0.3, 0.4) is 0 Å². The minimum absolute atomic E-state index is 0.0404. The first-order valence-corrected chi connectivity index (χ1v) is 5.84. The Balaban J connectivity index is 2.08. The van der Waals surface area contributed by atoms with Gasteiger partial charge in [0, 0.05) is 29.3 Å². The predicted molar refractivity (Wildman–Crippen MR) is 70.3 cm³/mol. The number of ether oxygens (including phenoxy) is 1. The van der Waals surface area contributed by atoms with Gasteiger partial charge in [0.2, 0.25) is 5.88 Å². The van der Waals surface area contributed by atoms with Gasteiger partial charge in [-0.2, -0.15) is 0 Å². The van der Waals surface area contributed by atoms with Gasteiger partial charge < -0.3 is 4.74 Å². The first kappa shape index (κ1) is 12.6. The molecule has 0 aliphatic carbocycles. The van der Waals surface area contributed by atoms with Gasteiger partial charge >= 0.3 is 0 Å². The van der Waals surface area contributed by atoms with Gasteiger partial charge in [-0.05, 0) is 29.8 Å². The van der Waals surface area contributed by atoms with Gasteiger partial charge in [-0.15, -0.1) is 0 Å². The molecule has 0 amide bonds. The third kappa shape index (κ3) is 3.08. The molecule has 0 radical (unpaired) electrons. The molecule has 18 heavy (non-hydrogen) atoms. The molecule has 0 unspecified atom stereocenters. The van der Waals surface area contributed by atoms with E-state index in [-0.39, 0.29) is 5.78 Å². The number of aromatic nitrogens is 1. The zero-order chi connectivity index (χ0) is 13.0. The van der Waals surface area contributed by atoms with E-state index in [1.165, 1.54) is 0 Å². The molecule has 0 aliphatic heterocycles. The maximum Gasteiger partial charge on any atom is 0.212 e. The molecule has 0 bridgehead atoms. The summed E-state index contributed by atoms with van der Waals surface area (Å²) in [4.78, 5) is 16.0. The second kappa shape index (κ2) is 5.65. The summed E-state index contributed by atoms with van der Waals surface area (Å²) in [5.74, 6) is 0.580. The molecule has 2 rings (SSSR count). The second-order valence-electron chi connectivity index (χ2n) is 3.82. The number of rotatable bonds is 4. The highest BCUT2D eigenvalue weighted by molar-refractivity contribution is 6.30. The Morgan fingerprint density at radius 3 is 2.50 bits per heavy atom. The van der Waals surface area contributed by atoms with Crippen LogP contribution in [0.5, 0.6) is 5.88 Å². The predicted octanol–water partition coefficient (Wildman–Crippen LogP) is 3.17. The van der Waals surface area contributed by atoms with Crippen molar-refractivity contribution in [3.05, 3.63) is 58.7 Å². The molecule has 1 aromatic heterocycles. The molecule has 2 aromatic rings. The molecule has 1 heterocycles. The molecule has 3 nitrogen and oxygen atoms in total. The van der Waals surface area contributed by atoms with E-state index < -0.39 is 0 Å². The van der Waals surface area contributed by atoms with Crippen molar-refractivity contribution in [2.45, 2.75) is 6.42 Å². The number of methoxy groups -OCH3 is 1. The fourth-order valence-corrected chi connectivity index (χ4v) is 1.69.